The van der Waals surface area contributed by atoms with Crippen LogP contribution in [-0.2, 0) is 9.53 Å². The lowest BCUT2D eigenvalue weighted by Gasteiger charge is -2.18. The summed E-state index contributed by atoms with van der Waals surface area (Å²) in [5, 5.41) is 5.58. The second kappa shape index (κ2) is 10.7. The van der Waals surface area contributed by atoms with E-state index in [0.717, 1.165) is 4.90 Å². The zero-order valence-electron chi connectivity index (χ0n) is 18.2. The summed E-state index contributed by atoms with van der Waals surface area (Å²) in [7, 11) is 1.54. The Morgan fingerprint density at radius 2 is 1.79 bits per heavy atom. The Bertz CT molecular complexity index is 1220. The largest absolute Gasteiger partial charge is 0.486 e. The molecule has 0 saturated heterocycles. The van der Waals surface area contributed by atoms with Crippen LogP contribution in [0.15, 0.2) is 70.7 Å². The average molecular weight is 480 g/mol. The molecule has 0 unspecified atom stereocenters. The number of esters is 1. The summed E-state index contributed by atoms with van der Waals surface area (Å²) in [5.41, 5.74) is 1.18. The Hall–Kier alpha value is -4.05. The van der Waals surface area contributed by atoms with Crippen LogP contribution in [-0.4, -0.2) is 49.6 Å². The highest BCUT2D eigenvalue weighted by Gasteiger charge is 2.18. The van der Waals surface area contributed by atoms with Gasteiger partial charge in [0.15, 0.2) is 18.1 Å². The number of pyridine rings is 1. The third kappa shape index (κ3) is 5.65. The molecule has 0 radical (unpaired) electrons. The average Bonchev–Trinajstić information content (AvgIpc) is 2.87. The first kappa shape index (κ1) is 23.1. The third-order valence-corrected chi connectivity index (χ3v) is 5.72. The van der Waals surface area contributed by atoms with Crippen molar-refractivity contribution in [3.05, 3.63) is 71.9 Å². The molecule has 0 bridgehead atoms. The van der Waals surface area contributed by atoms with Crippen LogP contribution in [0, 0.1) is 0 Å². The molecule has 2 N–H and O–H groups in total. The summed E-state index contributed by atoms with van der Waals surface area (Å²) in [6, 6.07) is 15.0. The number of ether oxygens (including phenoxy) is 3. The summed E-state index contributed by atoms with van der Waals surface area (Å²) >= 11 is 1.28. The normalized spacial score (nSPS) is 11.9. The minimum absolute atomic E-state index is 0.229. The van der Waals surface area contributed by atoms with Crippen LogP contribution in [0.3, 0.4) is 0 Å². The fourth-order valence-corrected chi connectivity index (χ4v) is 3.98. The van der Waals surface area contributed by atoms with Crippen molar-refractivity contribution in [3.8, 4) is 11.5 Å². The maximum absolute atomic E-state index is 12.7. The van der Waals surface area contributed by atoms with Crippen molar-refractivity contribution in [1.82, 2.24) is 10.3 Å². The van der Waals surface area contributed by atoms with Gasteiger partial charge in [-0.2, -0.15) is 0 Å². The molecule has 2 amide bonds. The number of hydrogen-bond acceptors (Lipinski definition) is 8. The molecule has 2 heterocycles. The number of aromatic nitrogens is 1. The van der Waals surface area contributed by atoms with Gasteiger partial charge in [0.1, 0.15) is 18.2 Å². The monoisotopic (exact) mass is 479 g/mol. The lowest BCUT2D eigenvalue weighted by atomic mass is 10.2. The molecule has 0 atom stereocenters. The number of carbonyl (C=O) groups is 3. The summed E-state index contributed by atoms with van der Waals surface area (Å²) < 4.78 is 16.3. The quantitative estimate of drug-likeness (QED) is 0.497. The van der Waals surface area contributed by atoms with E-state index in [0.29, 0.717) is 41.0 Å². The Kier molecular flexibility index (Phi) is 7.28. The van der Waals surface area contributed by atoms with Crippen molar-refractivity contribution in [2.75, 3.05) is 32.2 Å². The van der Waals surface area contributed by atoms with Gasteiger partial charge < -0.3 is 24.8 Å². The van der Waals surface area contributed by atoms with Gasteiger partial charge in [0, 0.05) is 29.4 Å². The molecule has 3 aromatic rings. The molecule has 10 heteroatoms. The lowest BCUT2D eigenvalue weighted by Crippen LogP contribution is -2.21. The number of nitrogens with zero attached hydrogens (tertiary/aromatic N) is 1. The second-order valence-electron chi connectivity index (χ2n) is 7.04. The molecule has 2 aromatic carbocycles. The minimum atomic E-state index is -0.668. The Morgan fingerprint density at radius 1 is 1.03 bits per heavy atom. The number of fused-ring (bicyclic) bond motifs is 1. The Morgan fingerprint density at radius 3 is 2.56 bits per heavy atom. The fraction of sp³-hybridized carbons (Fsp3) is 0.167. The Balaban J connectivity index is 1.36. The number of hydrogen-bond donors (Lipinski definition) is 2. The number of amides is 2. The van der Waals surface area contributed by atoms with Crippen LogP contribution < -0.4 is 20.1 Å². The van der Waals surface area contributed by atoms with Crippen molar-refractivity contribution < 1.29 is 28.6 Å². The van der Waals surface area contributed by atoms with E-state index in [-0.39, 0.29) is 11.5 Å². The standard InChI is InChI=1S/C24H21N3O6S/c1-25-22(29)15-4-6-16(7-5-15)27-21(28)14-33-24(30)18-3-2-10-26-23(18)34-17-8-9-19-20(13-17)32-12-11-31-19/h2-10,13H,11-12,14H2,1H3,(H,25,29)(H,27,28). The molecule has 34 heavy (non-hydrogen) atoms. The zero-order chi connectivity index (χ0) is 23.9. The number of rotatable bonds is 7. The van der Waals surface area contributed by atoms with Crippen molar-refractivity contribution in [2.45, 2.75) is 9.92 Å². The van der Waals surface area contributed by atoms with Crippen LogP contribution in [0.5, 0.6) is 11.5 Å². The number of carbonyl (C=O) groups excluding carboxylic acids is 3. The molecular formula is C24H21N3O6S. The number of nitrogens with one attached hydrogen (secondary N) is 2. The summed E-state index contributed by atoms with van der Waals surface area (Å²) in [5.74, 6) is -0.0979. The van der Waals surface area contributed by atoms with E-state index in [1.54, 1.807) is 42.6 Å². The van der Waals surface area contributed by atoms with E-state index in [1.165, 1.54) is 18.8 Å². The number of benzene rings is 2. The first-order valence-electron chi connectivity index (χ1n) is 10.3. The van der Waals surface area contributed by atoms with Gasteiger partial charge in [0.25, 0.3) is 11.8 Å². The van der Waals surface area contributed by atoms with E-state index in [4.69, 9.17) is 14.2 Å². The van der Waals surface area contributed by atoms with E-state index < -0.39 is 18.5 Å². The minimum Gasteiger partial charge on any atom is -0.486 e. The maximum atomic E-state index is 12.7. The summed E-state index contributed by atoms with van der Waals surface area (Å²) in [6.45, 7) is 0.506. The van der Waals surface area contributed by atoms with Crippen LogP contribution in [0.4, 0.5) is 5.69 Å². The van der Waals surface area contributed by atoms with Crippen LogP contribution in [0.2, 0.25) is 0 Å². The van der Waals surface area contributed by atoms with Gasteiger partial charge in [-0.15, -0.1) is 0 Å². The highest BCUT2D eigenvalue weighted by molar-refractivity contribution is 7.99. The molecule has 4 rings (SSSR count). The smallest absolute Gasteiger partial charge is 0.341 e. The molecule has 9 nitrogen and oxygen atoms in total. The van der Waals surface area contributed by atoms with Gasteiger partial charge in [0.2, 0.25) is 0 Å². The van der Waals surface area contributed by atoms with Crippen molar-refractivity contribution in [1.29, 1.82) is 0 Å². The van der Waals surface area contributed by atoms with Crippen molar-refractivity contribution in [3.63, 3.8) is 0 Å². The van der Waals surface area contributed by atoms with Gasteiger partial charge in [-0.05, 0) is 54.6 Å². The first-order valence-corrected chi connectivity index (χ1v) is 11.2. The maximum Gasteiger partial charge on any atom is 0.341 e. The van der Waals surface area contributed by atoms with Crippen LogP contribution in [0.1, 0.15) is 20.7 Å². The molecule has 0 saturated carbocycles. The highest BCUT2D eigenvalue weighted by atomic mass is 32.2. The van der Waals surface area contributed by atoms with Crippen molar-refractivity contribution in [2.24, 2.45) is 0 Å². The van der Waals surface area contributed by atoms with E-state index in [2.05, 4.69) is 15.6 Å². The second-order valence-corrected chi connectivity index (χ2v) is 8.11. The van der Waals surface area contributed by atoms with Gasteiger partial charge in [-0.1, -0.05) is 11.8 Å². The van der Waals surface area contributed by atoms with Crippen molar-refractivity contribution >= 4 is 35.2 Å². The van der Waals surface area contributed by atoms with Crippen LogP contribution in [0.25, 0.3) is 0 Å². The molecular weight excluding hydrogens is 458 g/mol. The van der Waals surface area contributed by atoms with Gasteiger partial charge >= 0.3 is 5.97 Å². The molecule has 1 aliphatic heterocycles. The topological polar surface area (TPSA) is 116 Å². The zero-order valence-corrected chi connectivity index (χ0v) is 19.0. The molecule has 0 fully saturated rings. The van der Waals surface area contributed by atoms with Gasteiger partial charge in [-0.3, -0.25) is 9.59 Å². The van der Waals surface area contributed by atoms with E-state index >= 15 is 0 Å². The highest BCUT2D eigenvalue weighted by Crippen LogP contribution is 2.37. The molecule has 1 aromatic heterocycles. The molecule has 0 aliphatic carbocycles. The summed E-state index contributed by atoms with van der Waals surface area (Å²) in [6.07, 6.45) is 1.58. The fourth-order valence-electron chi connectivity index (χ4n) is 3.08. The molecule has 0 spiro atoms. The number of anilines is 1. The Labute approximate surface area is 199 Å². The molecule has 174 valence electrons. The first-order chi connectivity index (χ1) is 16.5. The van der Waals surface area contributed by atoms with E-state index in [9.17, 15) is 14.4 Å². The van der Waals surface area contributed by atoms with Gasteiger partial charge in [0.05, 0.1) is 5.56 Å². The molecule has 1 aliphatic rings. The summed E-state index contributed by atoms with van der Waals surface area (Å²) in [4.78, 5) is 41.6. The van der Waals surface area contributed by atoms with E-state index in [1.807, 2.05) is 18.2 Å². The SMILES string of the molecule is CNC(=O)c1ccc(NC(=O)COC(=O)c2cccnc2Sc2ccc3c(c2)OCCO3)cc1. The predicted octanol–water partition coefficient (Wildman–Crippen LogP) is 3.16. The van der Waals surface area contributed by atoms with Crippen LogP contribution >= 0.6 is 11.8 Å². The predicted molar refractivity (Wildman–Crippen MR) is 125 cm³/mol. The lowest BCUT2D eigenvalue weighted by molar-refractivity contribution is -0.119. The third-order valence-electron chi connectivity index (χ3n) is 4.71. The van der Waals surface area contributed by atoms with Gasteiger partial charge in [-0.25, -0.2) is 9.78 Å².